The van der Waals surface area contributed by atoms with Gasteiger partial charge in [-0.25, -0.2) is 9.97 Å². The first kappa shape index (κ1) is 34.6. The van der Waals surface area contributed by atoms with Crippen molar-refractivity contribution in [1.82, 2.24) is 19.9 Å². The van der Waals surface area contributed by atoms with Crippen LogP contribution in [0.4, 0.5) is 0 Å². The lowest BCUT2D eigenvalue weighted by Crippen LogP contribution is -2.34. The van der Waals surface area contributed by atoms with E-state index in [9.17, 15) is 0 Å². The zero-order valence-corrected chi connectivity index (χ0v) is 33.1. The molecule has 1 aliphatic heterocycles. The number of benzene rings is 7. The molecule has 0 radical (unpaired) electrons. The van der Waals surface area contributed by atoms with E-state index < -0.39 is 5.41 Å². The summed E-state index contributed by atoms with van der Waals surface area (Å²) in [5.74, 6) is 0.663. The highest BCUT2D eigenvalue weighted by molar-refractivity contribution is 7.99. The molecule has 0 saturated carbocycles. The van der Waals surface area contributed by atoms with Gasteiger partial charge in [0.15, 0.2) is 5.82 Å². The van der Waals surface area contributed by atoms with E-state index in [0.29, 0.717) is 5.82 Å². The van der Waals surface area contributed by atoms with Crippen LogP contribution in [0.5, 0.6) is 0 Å². The number of aromatic nitrogens is 4. The second kappa shape index (κ2) is 13.8. The Morgan fingerprint density at radius 2 is 1.07 bits per heavy atom. The van der Waals surface area contributed by atoms with Crippen LogP contribution in [-0.2, 0) is 5.41 Å². The average molecular weight is 783 g/mol. The number of hydrogen-bond donors (Lipinski definition) is 0. The minimum Gasteiger partial charge on any atom is -0.264 e. The Kier molecular flexibility index (Phi) is 7.97. The van der Waals surface area contributed by atoms with E-state index in [4.69, 9.17) is 15.0 Å². The normalized spacial score (nSPS) is 14.7. The van der Waals surface area contributed by atoms with Crippen molar-refractivity contribution in [2.24, 2.45) is 0 Å². The lowest BCUT2D eigenvalue weighted by atomic mass is 9.62. The molecule has 7 aromatic carbocycles. The molecule has 280 valence electrons. The highest BCUT2D eigenvalue weighted by atomic mass is 32.2. The van der Waals surface area contributed by atoms with Crippen molar-refractivity contribution in [2.45, 2.75) is 15.2 Å². The van der Waals surface area contributed by atoms with E-state index in [1.54, 1.807) is 6.20 Å². The molecule has 5 heteroatoms. The molecular formula is C55H34N4S. The SMILES string of the molecule is c1ccc(-c2nc(-c3ccc(-c4cccnc4)nc3)cc(-c3ccc4c(c3)C3(c5ccccc5Sc5c3ccc3ccccc53)c3ccccc3-c3ccccc3-4)n2)cc1. The van der Waals surface area contributed by atoms with Crippen LogP contribution >= 0.6 is 11.8 Å². The van der Waals surface area contributed by atoms with Gasteiger partial charge >= 0.3 is 0 Å². The van der Waals surface area contributed by atoms with Gasteiger partial charge in [-0.2, -0.15) is 0 Å². The standard InChI is InChI=1S/C55H34N4S/c1-2-14-36(15-3-1)54-58-50(32-51(59-54)39-26-29-49(57-34-39)38-16-12-30-56-33-38)37-24-27-44-42-19-7-6-18-41(42)43-20-8-9-21-45(43)55(48(44)31-37)46-22-10-11-23-52(46)60-53-40-17-5-4-13-35(40)25-28-47(53)55/h1-34H. The summed E-state index contributed by atoms with van der Waals surface area (Å²) in [5.41, 5.74) is 15.7. The lowest BCUT2D eigenvalue weighted by Gasteiger charge is -2.43. The van der Waals surface area contributed by atoms with Crippen molar-refractivity contribution in [3.05, 3.63) is 229 Å². The Morgan fingerprint density at radius 3 is 1.87 bits per heavy atom. The van der Waals surface area contributed by atoms with Crippen LogP contribution < -0.4 is 0 Å². The van der Waals surface area contributed by atoms with Gasteiger partial charge < -0.3 is 0 Å². The van der Waals surface area contributed by atoms with Gasteiger partial charge in [0.2, 0.25) is 0 Å². The smallest absolute Gasteiger partial charge is 0.160 e. The number of fused-ring (bicyclic) bond motifs is 13. The molecule has 3 aromatic heterocycles. The second-order valence-corrected chi connectivity index (χ2v) is 16.4. The Labute approximate surface area is 352 Å². The fourth-order valence-electron chi connectivity index (χ4n) is 9.43. The first-order valence-electron chi connectivity index (χ1n) is 20.2. The highest BCUT2D eigenvalue weighted by Crippen LogP contribution is 2.62. The van der Waals surface area contributed by atoms with Gasteiger partial charge in [-0.3, -0.25) is 9.97 Å². The Bertz CT molecular complexity index is 3290. The summed E-state index contributed by atoms with van der Waals surface area (Å²) in [4.78, 5) is 22.2. The lowest BCUT2D eigenvalue weighted by molar-refractivity contribution is 0.711. The maximum atomic E-state index is 5.34. The third kappa shape index (κ3) is 5.33. The summed E-state index contributed by atoms with van der Waals surface area (Å²) in [6, 6.07) is 67.9. The minimum atomic E-state index is -0.660. The van der Waals surface area contributed by atoms with Gasteiger partial charge in [0.25, 0.3) is 0 Å². The molecule has 0 N–H and O–H groups in total. The fourth-order valence-corrected chi connectivity index (χ4v) is 10.8. The quantitative estimate of drug-likeness (QED) is 0.178. The van der Waals surface area contributed by atoms with Gasteiger partial charge in [-0.05, 0) is 97.7 Å². The van der Waals surface area contributed by atoms with E-state index in [1.807, 2.05) is 60.6 Å². The largest absolute Gasteiger partial charge is 0.264 e. The maximum Gasteiger partial charge on any atom is 0.160 e. The molecule has 4 heterocycles. The number of hydrogen-bond acceptors (Lipinski definition) is 5. The Balaban J connectivity index is 1.15. The molecule has 0 fully saturated rings. The molecule has 0 bridgehead atoms. The second-order valence-electron chi connectivity index (χ2n) is 15.4. The molecule has 10 aromatic rings. The summed E-state index contributed by atoms with van der Waals surface area (Å²) in [6.45, 7) is 0. The van der Waals surface area contributed by atoms with Crippen molar-refractivity contribution < 1.29 is 0 Å². The monoisotopic (exact) mass is 782 g/mol. The van der Waals surface area contributed by atoms with Crippen LogP contribution in [0.2, 0.25) is 0 Å². The molecule has 2 aliphatic rings. The molecule has 1 spiro atoms. The van der Waals surface area contributed by atoms with Crippen molar-refractivity contribution in [3.8, 4) is 67.4 Å². The molecule has 4 nitrogen and oxygen atoms in total. The highest BCUT2D eigenvalue weighted by Gasteiger charge is 2.48. The third-order valence-corrected chi connectivity index (χ3v) is 13.3. The molecule has 1 atom stereocenters. The third-order valence-electron chi connectivity index (χ3n) is 12.1. The number of pyridine rings is 2. The van der Waals surface area contributed by atoms with Crippen molar-refractivity contribution in [2.75, 3.05) is 0 Å². The maximum absolute atomic E-state index is 5.34. The van der Waals surface area contributed by atoms with Gasteiger partial charge in [-0.15, -0.1) is 0 Å². The molecule has 1 aliphatic carbocycles. The van der Waals surface area contributed by atoms with E-state index in [-0.39, 0.29) is 0 Å². The molecule has 12 rings (SSSR count). The summed E-state index contributed by atoms with van der Waals surface area (Å²) >= 11 is 1.89. The predicted molar refractivity (Wildman–Crippen MR) is 244 cm³/mol. The van der Waals surface area contributed by atoms with E-state index in [2.05, 4.69) is 157 Å². The molecule has 60 heavy (non-hydrogen) atoms. The Hall–Kier alpha value is -7.47. The molecule has 0 saturated heterocycles. The summed E-state index contributed by atoms with van der Waals surface area (Å²) in [5, 5.41) is 2.50. The van der Waals surface area contributed by atoms with E-state index in [1.165, 1.54) is 65.1 Å². The first-order chi connectivity index (χ1) is 29.7. The van der Waals surface area contributed by atoms with Gasteiger partial charge in [0.1, 0.15) is 0 Å². The number of rotatable bonds is 4. The average Bonchev–Trinajstić information content (AvgIpc) is 3.43. The summed E-state index contributed by atoms with van der Waals surface area (Å²) in [7, 11) is 0. The van der Waals surface area contributed by atoms with E-state index >= 15 is 0 Å². The zero-order valence-electron chi connectivity index (χ0n) is 32.3. The predicted octanol–water partition coefficient (Wildman–Crippen LogP) is 13.6. The molecule has 1 unspecified atom stereocenters. The molecule has 0 amide bonds. The van der Waals surface area contributed by atoms with E-state index in [0.717, 1.165) is 39.3 Å². The van der Waals surface area contributed by atoms with Gasteiger partial charge in [0.05, 0.1) is 22.5 Å². The van der Waals surface area contributed by atoms with Crippen molar-refractivity contribution in [3.63, 3.8) is 0 Å². The van der Waals surface area contributed by atoms with Crippen LogP contribution in [0.15, 0.2) is 216 Å². The van der Waals surface area contributed by atoms with Crippen LogP contribution in [0.3, 0.4) is 0 Å². The summed E-state index contributed by atoms with van der Waals surface area (Å²) in [6.07, 6.45) is 5.52. The van der Waals surface area contributed by atoms with Crippen LogP contribution in [0.25, 0.3) is 78.2 Å². The first-order valence-corrected chi connectivity index (χ1v) is 21.0. The fraction of sp³-hybridized carbons (Fsp3) is 0.0182. The van der Waals surface area contributed by atoms with Gasteiger partial charge in [-0.1, -0.05) is 157 Å². The molecular weight excluding hydrogens is 749 g/mol. The van der Waals surface area contributed by atoms with Crippen LogP contribution in [0, 0.1) is 0 Å². The van der Waals surface area contributed by atoms with Gasteiger partial charge in [0, 0.05) is 50.6 Å². The van der Waals surface area contributed by atoms with Crippen LogP contribution in [-0.4, -0.2) is 19.9 Å². The van der Waals surface area contributed by atoms with Crippen LogP contribution in [0.1, 0.15) is 22.3 Å². The zero-order chi connectivity index (χ0) is 39.6. The topological polar surface area (TPSA) is 51.6 Å². The van der Waals surface area contributed by atoms with Crippen molar-refractivity contribution in [1.29, 1.82) is 0 Å². The van der Waals surface area contributed by atoms with Crippen molar-refractivity contribution >= 4 is 22.5 Å². The number of nitrogens with zero attached hydrogens (tertiary/aromatic N) is 4. The summed E-state index contributed by atoms with van der Waals surface area (Å²) < 4.78 is 0. The minimum absolute atomic E-state index is 0.660. The Morgan fingerprint density at radius 1 is 0.400 bits per heavy atom.